The number of nitrogens with zero attached hydrogens (tertiary/aromatic N) is 1. The summed E-state index contributed by atoms with van der Waals surface area (Å²) < 4.78 is 5.46. The fourth-order valence-electron chi connectivity index (χ4n) is 1.85. The number of benzene rings is 1. The third-order valence-electron chi connectivity index (χ3n) is 2.79. The fraction of sp³-hybridized carbons (Fsp3) is 0.455. The van der Waals surface area contributed by atoms with Gasteiger partial charge in [-0.15, -0.1) is 0 Å². The van der Waals surface area contributed by atoms with E-state index in [1.165, 1.54) is 12.1 Å². The summed E-state index contributed by atoms with van der Waals surface area (Å²) in [6.45, 7) is 1.49. The number of hydrogen-bond acceptors (Lipinski definition) is 5. The quantitative estimate of drug-likeness (QED) is 0.473. The minimum Gasteiger partial charge on any atom is -0.397 e. The summed E-state index contributed by atoms with van der Waals surface area (Å²) in [6, 6.07) is 4.43. The molecule has 1 heterocycles. The van der Waals surface area contributed by atoms with Crippen LogP contribution in [0.3, 0.4) is 0 Å². The Kier molecular flexibility index (Phi) is 3.43. The van der Waals surface area contributed by atoms with E-state index < -0.39 is 4.92 Å². The number of ether oxygens (including phenoxy) is 1. The lowest BCUT2D eigenvalue weighted by atomic mass is 10.2. The van der Waals surface area contributed by atoms with E-state index in [4.69, 9.17) is 10.5 Å². The highest BCUT2D eigenvalue weighted by Crippen LogP contribution is 2.24. The van der Waals surface area contributed by atoms with Gasteiger partial charge in [0, 0.05) is 25.3 Å². The molecule has 1 aliphatic heterocycles. The van der Waals surface area contributed by atoms with E-state index in [-0.39, 0.29) is 11.8 Å². The van der Waals surface area contributed by atoms with Crippen molar-refractivity contribution >= 4 is 17.1 Å². The lowest BCUT2D eigenvalue weighted by Crippen LogP contribution is -2.18. The normalized spacial score (nSPS) is 19.2. The van der Waals surface area contributed by atoms with Crippen LogP contribution in [0.15, 0.2) is 18.2 Å². The summed E-state index contributed by atoms with van der Waals surface area (Å²) in [5, 5.41) is 13.7. The molecule has 0 bridgehead atoms. The molecule has 6 nitrogen and oxygen atoms in total. The van der Waals surface area contributed by atoms with E-state index in [1.54, 1.807) is 6.07 Å². The van der Waals surface area contributed by atoms with Gasteiger partial charge in [-0.1, -0.05) is 0 Å². The molecule has 0 aliphatic carbocycles. The number of non-ortho nitro benzene ring substituents is 1. The minimum absolute atomic E-state index is 0.00478. The average molecular weight is 237 g/mol. The van der Waals surface area contributed by atoms with Crippen molar-refractivity contribution in [3.8, 4) is 0 Å². The molecule has 0 amide bonds. The van der Waals surface area contributed by atoms with Gasteiger partial charge >= 0.3 is 0 Å². The van der Waals surface area contributed by atoms with E-state index in [0.717, 1.165) is 19.4 Å². The second-order valence-corrected chi connectivity index (χ2v) is 4.04. The monoisotopic (exact) mass is 237 g/mol. The molecule has 0 radical (unpaired) electrons. The largest absolute Gasteiger partial charge is 0.397 e. The molecule has 1 aliphatic rings. The minimum atomic E-state index is -0.458. The SMILES string of the molecule is Nc1cc([N+](=O)[O-])ccc1NCC1CCCO1. The topological polar surface area (TPSA) is 90.4 Å². The number of hydrogen-bond donors (Lipinski definition) is 2. The lowest BCUT2D eigenvalue weighted by Gasteiger charge is -2.13. The zero-order chi connectivity index (χ0) is 12.3. The number of rotatable bonds is 4. The number of nitro groups is 1. The molecule has 92 valence electrons. The second kappa shape index (κ2) is 5.01. The van der Waals surface area contributed by atoms with Gasteiger partial charge in [-0.3, -0.25) is 10.1 Å². The molecule has 0 aromatic heterocycles. The van der Waals surface area contributed by atoms with Gasteiger partial charge in [-0.05, 0) is 18.9 Å². The average Bonchev–Trinajstić information content (AvgIpc) is 2.80. The number of anilines is 2. The summed E-state index contributed by atoms with van der Waals surface area (Å²) in [4.78, 5) is 10.1. The first-order chi connectivity index (χ1) is 8.16. The Labute approximate surface area is 98.9 Å². The molecule has 1 saturated heterocycles. The zero-order valence-corrected chi connectivity index (χ0v) is 9.39. The van der Waals surface area contributed by atoms with Crippen LogP contribution >= 0.6 is 0 Å². The zero-order valence-electron chi connectivity index (χ0n) is 9.39. The Morgan fingerprint density at radius 1 is 1.59 bits per heavy atom. The third-order valence-corrected chi connectivity index (χ3v) is 2.79. The first kappa shape index (κ1) is 11.7. The Balaban J connectivity index is 1.98. The van der Waals surface area contributed by atoms with Crippen molar-refractivity contribution in [3.63, 3.8) is 0 Å². The summed E-state index contributed by atoms with van der Waals surface area (Å²) in [6.07, 6.45) is 2.34. The predicted molar refractivity (Wildman–Crippen MR) is 65.0 cm³/mol. The summed E-state index contributed by atoms with van der Waals surface area (Å²) >= 11 is 0. The lowest BCUT2D eigenvalue weighted by molar-refractivity contribution is -0.384. The Morgan fingerprint density at radius 2 is 2.41 bits per heavy atom. The second-order valence-electron chi connectivity index (χ2n) is 4.04. The molecule has 0 saturated carbocycles. The highest BCUT2D eigenvalue weighted by Gasteiger charge is 2.15. The van der Waals surface area contributed by atoms with Crippen molar-refractivity contribution in [2.75, 3.05) is 24.2 Å². The predicted octanol–water partition coefficient (Wildman–Crippen LogP) is 1.77. The molecule has 0 spiro atoms. The first-order valence-electron chi connectivity index (χ1n) is 5.56. The van der Waals surface area contributed by atoms with Crippen LogP contribution in [0.5, 0.6) is 0 Å². The van der Waals surface area contributed by atoms with Crippen molar-refractivity contribution in [2.45, 2.75) is 18.9 Å². The van der Waals surface area contributed by atoms with Crippen molar-refractivity contribution in [3.05, 3.63) is 28.3 Å². The van der Waals surface area contributed by atoms with Crippen molar-refractivity contribution in [1.29, 1.82) is 0 Å². The standard InChI is InChI=1S/C11H15N3O3/c12-10-6-8(14(15)16)3-4-11(10)13-7-9-2-1-5-17-9/h3-4,6,9,13H,1-2,5,7,12H2. The molecule has 1 fully saturated rings. The third kappa shape index (κ3) is 2.85. The van der Waals surface area contributed by atoms with E-state index in [2.05, 4.69) is 5.32 Å². The highest BCUT2D eigenvalue weighted by molar-refractivity contribution is 5.69. The number of nitro benzene ring substituents is 1. The highest BCUT2D eigenvalue weighted by atomic mass is 16.6. The van der Waals surface area contributed by atoms with Crippen molar-refractivity contribution in [1.82, 2.24) is 0 Å². The Bertz CT molecular complexity index is 416. The summed E-state index contributed by atoms with van der Waals surface area (Å²) in [5.74, 6) is 0. The fourth-order valence-corrected chi connectivity index (χ4v) is 1.85. The maximum atomic E-state index is 10.5. The molecule has 1 aromatic carbocycles. The molecule has 1 atom stereocenters. The summed E-state index contributed by atoms with van der Waals surface area (Å²) in [7, 11) is 0. The van der Waals surface area contributed by atoms with Crippen molar-refractivity contribution < 1.29 is 9.66 Å². The maximum absolute atomic E-state index is 10.5. The molecular formula is C11H15N3O3. The maximum Gasteiger partial charge on any atom is 0.271 e. The van der Waals surface area contributed by atoms with Gasteiger partial charge in [0.25, 0.3) is 5.69 Å². The Hall–Kier alpha value is -1.82. The van der Waals surface area contributed by atoms with Gasteiger partial charge in [0.15, 0.2) is 0 Å². The summed E-state index contributed by atoms with van der Waals surface area (Å²) in [5.41, 5.74) is 6.84. The van der Waals surface area contributed by atoms with Crippen LogP contribution in [0.1, 0.15) is 12.8 Å². The molecule has 3 N–H and O–H groups in total. The van der Waals surface area contributed by atoms with E-state index >= 15 is 0 Å². The first-order valence-corrected chi connectivity index (χ1v) is 5.56. The number of nitrogens with two attached hydrogens (primary N) is 1. The van der Waals surface area contributed by atoms with Crippen LogP contribution in [-0.2, 0) is 4.74 Å². The van der Waals surface area contributed by atoms with Crippen LogP contribution in [-0.4, -0.2) is 24.2 Å². The van der Waals surface area contributed by atoms with Crippen LogP contribution < -0.4 is 11.1 Å². The molecule has 17 heavy (non-hydrogen) atoms. The van der Waals surface area contributed by atoms with Gasteiger partial charge < -0.3 is 15.8 Å². The van der Waals surface area contributed by atoms with Gasteiger partial charge in [0.05, 0.1) is 22.4 Å². The Morgan fingerprint density at radius 3 is 3.00 bits per heavy atom. The van der Waals surface area contributed by atoms with Gasteiger partial charge in [0.1, 0.15) is 0 Å². The van der Waals surface area contributed by atoms with Gasteiger partial charge in [0.2, 0.25) is 0 Å². The molecule has 6 heteroatoms. The van der Waals surface area contributed by atoms with E-state index in [0.29, 0.717) is 17.9 Å². The van der Waals surface area contributed by atoms with Crippen LogP contribution in [0.2, 0.25) is 0 Å². The molecule has 1 unspecified atom stereocenters. The number of nitrogen functional groups attached to an aromatic ring is 1. The van der Waals surface area contributed by atoms with Gasteiger partial charge in [-0.25, -0.2) is 0 Å². The van der Waals surface area contributed by atoms with E-state index in [1.807, 2.05) is 0 Å². The van der Waals surface area contributed by atoms with E-state index in [9.17, 15) is 10.1 Å². The molecule has 1 aromatic rings. The smallest absolute Gasteiger partial charge is 0.271 e. The molecular weight excluding hydrogens is 222 g/mol. The van der Waals surface area contributed by atoms with Crippen LogP contribution in [0.25, 0.3) is 0 Å². The van der Waals surface area contributed by atoms with Crippen molar-refractivity contribution in [2.24, 2.45) is 0 Å². The van der Waals surface area contributed by atoms with Gasteiger partial charge in [-0.2, -0.15) is 0 Å². The van der Waals surface area contributed by atoms with Crippen LogP contribution in [0.4, 0.5) is 17.1 Å². The van der Waals surface area contributed by atoms with Crippen LogP contribution in [0, 0.1) is 10.1 Å². The number of nitrogens with one attached hydrogen (secondary N) is 1. The molecule has 2 rings (SSSR count).